The van der Waals surface area contributed by atoms with E-state index in [1.54, 1.807) is 0 Å². The first-order valence-electron chi connectivity index (χ1n) is 6.56. The van der Waals surface area contributed by atoms with E-state index in [9.17, 15) is 9.59 Å². The Hall–Kier alpha value is -1.95. The monoisotopic (exact) mass is 280 g/mol. The second kappa shape index (κ2) is 8.27. The van der Waals surface area contributed by atoms with Gasteiger partial charge >= 0.3 is 5.97 Å². The predicted molar refractivity (Wildman–Crippen MR) is 73.8 cm³/mol. The minimum atomic E-state index is -1.17. The molecular weight excluding hydrogens is 260 g/mol. The van der Waals surface area contributed by atoms with E-state index >= 15 is 0 Å². The van der Waals surface area contributed by atoms with Crippen molar-refractivity contribution in [2.75, 3.05) is 19.8 Å². The minimum Gasteiger partial charge on any atom is -0.478 e. The van der Waals surface area contributed by atoms with Crippen LogP contribution in [0.15, 0.2) is 18.3 Å². The molecular formula is C14H20N2O4. The van der Waals surface area contributed by atoms with E-state index in [1.165, 1.54) is 18.3 Å². The standard InChI is InChI=1S/C14H20N2O4/c1-10(2)5-8-20-9-7-16-13(17)12-11(14(18)19)4-3-6-15-12/h3-4,6,10H,5,7-9H2,1-2H3,(H,16,17)(H,18,19). The van der Waals surface area contributed by atoms with Gasteiger partial charge < -0.3 is 15.2 Å². The third-order valence-electron chi connectivity index (χ3n) is 2.62. The Morgan fingerprint density at radius 1 is 1.40 bits per heavy atom. The van der Waals surface area contributed by atoms with Crippen LogP contribution >= 0.6 is 0 Å². The lowest BCUT2D eigenvalue weighted by Crippen LogP contribution is -2.29. The van der Waals surface area contributed by atoms with E-state index in [4.69, 9.17) is 9.84 Å². The number of nitrogens with zero attached hydrogens (tertiary/aromatic N) is 1. The van der Waals surface area contributed by atoms with Gasteiger partial charge in [0.05, 0.1) is 12.2 Å². The molecule has 0 aliphatic heterocycles. The van der Waals surface area contributed by atoms with E-state index in [0.29, 0.717) is 25.7 Å². The van der Waals surface area contributed by atoms with Gasteiger partial charge in [0.25, 0.3) is 5.91 Å². The number of rotatable bonds is 8. The van der Waals surface area contributed by atoms with Crippen molar-refractivity contribution in [1.29, 1.82) is 0 Å². The quantitative estimate of drug-likeness (QED) is 0.706. The van der Waals surface area contributed by atoms with Gasteiger partial charge in [0, 0.05) is 19.3 Å². The number of carboxylic acids is 1. The Morgan fingerprint density at radius 3 is 2.80 bits per heavy atom. The number of hydrogen-bond donors (Lipinski definition) is 2. The van der Waals surface area contributed by atoms with Crippen LogP contribution in [0.1, 0.15) is 41.1 Å². The van der Waals surface area contributed by atoms with Crippen molar-refractivity contribution >= 4 is 11.9 Å². The highest BCUT2D eigenvalue weighted by molar-refractivity contribution is 6.03. The summed E-state index contributed by atoms with van der Waals surface area (Å²) < 4.78 is 5.36. The predicted octanol–water partition coefficient (Wildman–Crippen LogP) is 1.57. The lowest BCUT2D eigenvalue weighted by Gasteiger charge is -2.08. The van der Waals surface area contributed by atoms with E-state index in [1.807, 2.05) is 0 Å². The molecule has 0 atom stereocenters. The Bertz CT molecular complexity index is 460. The SMILES string of the molecule is CC(C)CCOCCNC(=O)c1ncccc1C(=O)O. The van der Waals surface area contributed by atoms with Crippen LogP contribution in [0.3, 0.4) is 0 Å². The molecule has 0 aliphatic rings. The fourth-order valence-corrected chi connectivity index (χ4v) is 1.50. The van der Waals surface area contributed by atoms with Gasteiger partial charge in [-0.05, 0) is 24.5 Å². The lowest BCUT2D eigenvalue weighted by molar-refractivity contribution is 0.0689. The van der Waals surface area contributed by atoms with Crippen LogP contribution in [0.4, 0.5) is 0 Å². The molecule has 6 heteroatoms. The first-order valence-corrected chi connectivity index (χ1v) is 6.56. The zero-order valence-corrected chi connectivity index (χ0v) is 11.8. The van der Waals surface area contributed by atoms with Crippen molar-refractivity contribution in [3.8, 4) is 0 Å². The molecule has 0 unspecified atom stereocenters. The van der Waals surface area contributed by atoms with Gasteiger partial charge in [0.2, 0.25) is 0 Å². The van der Waals surface area contributed by atoms with Crippen LogP contribution in [0.2, 0.25) is 0 Å². The maximum absolute atomic E-state index is 11.8. The highest BCUT2D eigenvalue weighted by atomic mass is 16.5. The summed E-state index contributed by atoms with van der Waals surface area (Å²) in [5, 5.41) is 11.6. The fraction of sp³-hybridized carbons (Fsp3) is 0.500. The molecule has 1 rings (SSSR count). The largest absolute Gasteiger partial charge is 0.478 e. The number of aromatic nitrogens is 1. The molecule has 2 N–H and O–H groups in total. The number of hydrogen-bond acceptors (Lipinski definition) is 4. The van der Waals surface area contributed by atoms with E-state index < -0.39 is 11.9 Å². The van der Waals surface area contributed by atoms with Crippen LogP contribution in [-0.4, -0.2) is 41.7 Å². The molecule has 0 bridgehead atoms. The van der Waals surface area contributed by atoms with Gasteiger partial charge in [-0.25, -0.2) is 4.79 Å². The van der Waals surface area contributed by atoms with Crippen molar-refractivity contribution in [2.45, 2.75) is 20.3 Å². The van der Waals surface area contributed by atoms with E-state index in [2.05, 4.69) is 24.1 Å². The summed E-state index contributed by atoms with van der Waals surface area (Å²) >= 11 is 0. The molecule has 0 radical (unpaired) electrons. The summed E-state index contributed by atoms with van der Waals surface area (Å²) in [6.07, 6.45) is 2.36. The average Bonchev–Trinajstić information content (AvgIpc) is 2.42. The Morgan fingerprint density at radius 2 is 2.15 bits per heavy atom. The van der Waals surface area contributed by atoms with Crippen molar-refractivity contribution in [3.05, 3.63) is 29.6 Å². The van der Waals surface area contributed by atoms with Gasteiger partial charge in [-0.2, -0.15) is 0 Å². The summed E-state index contributed by atoms with van der Waals surface area (Å²) in [7, 11) is 0. The van der Waals surface area contributed by atoms with Crippen LogP contribution in [0.5, 0.6) is 0 Å². The Kier molecular flexibility index (Phi) is 6.66. The minimum absolute atomic E-state index is 0.0813. The van der Waals surface area contributed by atoms with Crippen LogP contribution in [0.25, 0.3) is 0 Å². The zero-order chi connectivity index (χ0) is 15.0. The number of nitrogens with one attached hydrogen (secondary N) is 1. The molecule has 20 heavy (non-hydrogen) atoms. The van der Waals surface area contributed by atoms with Crippen molar-refractivity contribution in [3.63, 3.8) is 0 Å². The molecule has 0 aliphatic carbocycles. The highest BCUT2D eigenvalue weighted by Gasteiger charge is 2.16. The Balaban J connectivity index is 2.38. The summed E-state index contributed by atoms with van der Waals surface area (Å²) in [6.45, 7) is 5.59. The molecule has 0 spiro atoms. The number of amides is 1. The third kappa shape index (κ3) is 5.36. The topological polar surface area (TPSA) is 88.5 Å². The molecule has 1 amide bonds. The van der Waals surface area contributed by atoms with Crippen LogP contribution in [0, 0.1) is 5.92 Å². The maximum Gasteiger partial charge on any atom is 0.338 e. The van der Waals surface area contributed by atoms with Crippen LogP contribution < -0.4 is 5.32 Å². The fourth-order valence-electron chi connectivity index (χ4n) is 1.50. The molecule has 1 heterocycles. The number of ether oxygens (including phenoxy) is 1. The van der Waals surface area contributed by atoms with Crippen LogP contribution in [-0.2, 0) is 4.74 Å². The molecule has 1 aromatic heterocycles. The molecule has 0 aromatic carbocycles. The molecule has 0 fully saturated rings. The first-order chi connectivity index (χ1) is 9.52. The lowest BCUT2D eigenvalue weighted by atomic mass is 10.1. The second-order valence-electron chi connectivity index (χ2n) is 4.76. The van der Waals surface area contributed by atoms with E-state index in [0.717, 1.165) is 6.42 Å². The molecule has 0 saturated heterocycles. The molecule has 110 valence electrons. The van der Waals surface area contributed by atoms with Gasteiger partial charge in [-0.1, -0.05) is 13.8 Å². The van der Waals surface area contributed by atoms with Gasteiger partial charge in [-0.15, -0.1) is 0 Å². The maximum atomic E-state index is 11.8. The number of pyridine rings is 1. The van der Waals surface area contributed by atoms with Crippen molar-refractivity contribution in [1.82, 2.24) is 10.3 Å². The van der Waals surface area contributed by atoms with Gasteiger partial charge in [0.15, 0.2) is 0 Å². The normalized spacial score (nSPS) is 10.6. The number of aromatic carboxylic acids is 1. The second-order valence-corrected chi connectivity index (χ2v) is 4.76. The third-order valence-corrected chi connectivity index (χ3v) is 2.62. The molecule has 6 nitrogen and oxygen atoms in total. The highest BCUT2D eigenvalue weighted by Crippen LogP contribution is 2.05. The average molecular weight is 280 g/mol. The number of carbonyl (C=O) groups is 2. The first kappa shape index (κ1) is 16.1. The van der Waals surface area contributed by atoms with Crippen molar-refractivity contribution in [2.24, 2.45) is 5.92 Å². The van der Waals surface area contributed by atoms with Gasteiger partial charge in [0.1, 0.15) is 5.69 Å². The Labute approximate surface area is 118 Å². The smallest absolute Gasteiger partial charge is 0.338 e. The number of carboxylic acid groups (broad SMARTS) is 1. The van der Waals surface area contributed by atoms with Gasteiger partial charge in [-0.3, -0.25) is 9.78 Å². The molecule has 1 aromatic rings. The zero-order valence-electron chi connectivity index (χ0n) is 11.8. The summed E-state index contributed by atoms with van der Waals surface area (Å²) in [5.41, 5.74) is -0.187. The molecule has 0 saturated carbocycles. The number of carbonyl (C=O) groups excluding carboxylic acids is 1. The summed E-state index contributed by atoms with van der Waals surface area (Å²) in [5.74, 6) is -1.09. The summed E-state index contributed by atoms with van der Waals surface area (Å²) in [4.78, 5) is 26.6. The van der Waals surface area contributed by atoms with E-state index in [-0.39, 0.29) is 11.3 Å². The van der Waals surface area contributed by atoms with Crippen molar-refractivity contribution < 1.29 is 19.4 Å². The summed E-state index contributed by atoms with van der Waals surface area (Å²) in [6, 6.07) is 2.83.